The van der Waals surface area contributed by atoms with Crippen LogP contribution in [0.5, 0.6) is 0 Å². The fraction of sp³-hybridized carbons (Fsp3) is 0.400. The van der Waals surface area contributed by atoms with E-state index in [2.05, 4.69) is 15.3 Å². The molecule has 116 valence electrons. The molecule has 1 saturated heterocycles. The van der Waals surface area contributed by atoms with Gasteiger partial charge in [0.25, 0.3) is 5.69 Å². The van der Waals surface area contributed by atoms with Gasteiger partial charge in [-0.1, -0.05) is 0 Å². The van der Waals surface area contributed by atoms with Crippen LogP contribution in [-0.4, -0.2) is 40.9 Å². The quantitative estimate of drug-likeness (QED) is 0.690. The second-order valence-corrected chi connectivity index (χ2v) is 5.55. The van der Waals surface area contributed by atoms with E-state index in [0.29, 0.717) is 5.56 Å². The van der Waals surface area contributed by atoms with Crippen LogP contribution in [0.1, 0.15) is 5.56 Å². The van der Waals surface area contributed by atoms with Crippen molar-refractivity contribution in [3.8, 4) is 11.1 Å². The van der Waals surface area contributed by atoms with Gasteiger partial charge in [0.15, 0.2) is 0 Å². The van der Waals surface area contributed by atoms with Gasteiger partial charge in [-0.3, -0.25) is 14.8 Å². The molecule has 0 aliphatic carbocycles. The van der Waals surface area contributed by atoms with Gasteiger partial charge in [0.05, 0.1) is 11.1 Å². The summed E-state index contributed by atoms with van der Waals surface area (Å²) in [5.74, 6) is 0. The number of aromatic nitrogens is 2. The molecule has 0 bridgehead atoms. The molecule has 0 spiro atoms. The topological polar surface area (TPSA) is 76.2 Å². The molecular formula is C15H19N5O2. The average Bonchev–Trinajstić information content (AvgIpc) is 2.94. The number of rotatable bonds is 3. The molecule has 2 heterocycles. The molecule has 0 atom stereocenters. The Labute approximate surface area is 128 Å². The van der Waals surface area contributed by atoms with Crippen LogP contribution < -0.4 is 10.2 Å². The molecule has 0 radical (unpaired) electrons. The van der Waals surface area contributed by atoms with Crippen LogP contribution in [0.3, 0.4) is 0 Å². The fourth-order valence-electron chi connectivity index (χ4n) is 2.84. The van der Waals surface area contributed by atoms with Gasteiger partial charge in [-0.25, -0.2) is 0 Å². The zero-order chi connectivity index (χ0) is 15.7. The monoisotopic (exact) mass is 301 g/mol. The van der Waals surface area contributed by atoms with E-state index in [4.69, 9.17) is 0 Å². The first-order valence-corrected chi connectivity index (χ1v) is 7.30. The van der Waals surface area contributed by atoms with Crippen LogP contribution in [0.4, 0.5) is 11.4 Å². The second kappa shape index (κ2) is 5.76. The number of nitro groups is 1. The lowest BCUT2D eigenvalue weighted by Gasteiger charge is -2.31. The van der Waals surface area contributed by atoms with Crippen LogP contribution in [0.25, 0.3) is 11.1 Å². The smallest absolute Gasteiger partial charge is 0.273 e. The molecule has 7 heteroatoms. The number of hydrogen-bond donors (Lipinski definition) is 1. The number of hydrogen-bond acceptors (Lipinski definition) is 5. The molecule has 0 amide bonds. The minimum absolute atomic E-state index is 0.151. The van der Waals surface area contributed by atoms with E-state index >= 15 is 0 Å². The van der Waals surface area contributed by atoms with Gasteiger partial charge in [0.1, 0.15) is 0 Å². The van der Waals surface area contributed by atoms with Crippen molar-refractivity contribution in [2.45, 2.75) is 6.92 Å². The van der Waals surface area contributed by atoms with Crippen molar-refractivity contribution in [1.82, 2.24) is 15.1 Å². The van der Waals surface area contributed by atoms with E-state index in [9.17, 15) is 10.1 Å². The molecular weight excluding hydrogens is 282 g/mol. The Morgan fingerprint density at radius 1 is 1.32 bits per heavy atom. The van der Waals surface area contributed by atoms with E-state index in [-0.39, 0.29) is 10.6 Å². The third kappa shape index (κ3) is 2.67. The molecule has 0 unspecified atom stereocenters. The summed E-state index contributed by atoms with van der Waals surface area (Å²) in [6, 6.07) is 3.59. The zero-order valence-corrected chi connectivity index (χ0v) is 12.7. The van der Waals surface area contributed by atoms with Gasteiger partial charge in [-0.15, -0.1) is 0 Å². The number of nitrogens with zero attached hydrogens (tertiary/aromatic N) is 4. The van der Waals surface area contributed by atoms with Crippen molar-refractivity contribution in [3.05, 3.63) is 40.2 Å². The van der Waals surface area contributed by atoms with Crippen molar-refractivity contribution < 1.29 is 4.92 Å². The molecule has 1 fully saturated rings. The number of piperazine rings is 1. The molecule has 22 heavy (non-hydrogen) atoms. The first-order chi connectivity index (χ1) is 10.6. The molecule has 1 N–H and O–H groups in total. The summed E-state index contributed by atoms with van der Waals surface area (Å²) in [4.78, 5) is 13.2. The highest BCUT2D eigenvalue weighted by molar-refractivity contribution is 5.81. The predicted octanol–water partition coefficient (Wildman–Crippen LogP) is 1.71. The Bertz CT molecular complexity index is 704. The molecule has 1 aromatic heterocycles. The maximum atomic E-state index is 11.3. The second-order valence-electron chi connectivity index (χ2n) is 5.55. The van der Waals surface area contributed by atoms with E-state index < -0.39 is 0 Å². The van der Waals surface area contributed by atoms with Crippen LogP contribution in [-0.2, 0) is 7.05 Å². The summed E-state index contributed by atoms with van der Waals surface area (Å²) in [7, 11) is 1.84. The third-order valence-electron chi connectivity index (χ3n) is 3.98. The van der Waals surface area contributed by atoms with Crippen LogP contribution in [0, 0.1) is 17.0 Å². The van der Waals surface area contributed by atoms with E-state index in [1.165, 1.54) is 0 Å². The Morgan fingerprint density at radius 3 is 2.64 bits per heavy atom. The summed E-state index contributed by atoms with van der Waals surface area (Å²) >= 11 is 0. The van der Waals surface area contributed by atoms with Crippen molar-refractivity contribution in [2.75, 3.05) is 31.1 Å². The van der Waals surface area contributed by atoms with Crippen LogP contribution in [0.15, 0.2) is 24.5 Å². The summed E-state index contributed by atoms with van der Waals surface area (Å²) < 4.78 is 1.71. The first kappa shape index (κ1) is 14.5. The van der Waals surface area contributed by atoms with Crippen molar-refractivity contribution in [1.29, 1.82) is 0 Å². The summed E-state index contributed by atoms with van der Waals surface area (Å²) in [5.41, 5.74) is 3.65. The molecule has 1 aromatic carbocycles. The van der Waals surface area contributed by atoms with Gasteiger partial charge in [0, 0.05) is 67.9 Å². The maximum absolute atomic E-state index is 11.3. The lowest BCUT2D eigenvalue weighted by atomic mass is 10.0. The van der Waals surface area contributed by atoms with Crippen molar-refractivity contribution >= 4 is 11.4 Å². The SMILES string of the molecule is Cc1cc(N2CCNCC2)c(-c2cnn(C)c2)cc1[N+](=O)[O-]. The fourth-order valence-corrected chi connectivity index (χ4v) is 2.84. The first-order valence-electron chi connectivity index (χ1n) is 7.30. The average molecular weight is 301 g/mol. The van der Waals surface area contributed by atoms with Crippen molar-refractivity contribution in [2.24, 2.45) is 7.05 Å². The van der Waals surface area contributed by atoms with Gasteiger partial charge < -0.3 is 10.2 Å². The lowest BCUT2D eigenvalue weighted by molar-refractivity contribution is -0.385. The third-order valence-corrected chi connectivity index (χ3v) is 3.98. The predicted molar refractivity (Wildman–Crippen MR) is 85.1 cm³/mol. The van der Waals surface area contributed by atoms with E-state index in [1.807, 2.05) is 19.3 Å². The van der Waals surface area contributed by atoms with Gasteiger partial charge in [-0.2, -0.15) is 5.10 Å². The Morgan fingerprint density at radius 2 is 2.05 bits per heavy atom. The molecule has 3 rings (SSSR count). The molecule has 0 saturated carbocycles. The highest BCUT2D eigenvalue weighted by Crippen LogP contribution is 2.36. The summed E-state index contributed by atoms with van der Waals surface area (Å²) in [5, 5.41) is 18.8. The number of aryl methyl sites for hydroxylation is 2. The lowest BCUT2D eigenvalue weighted by Crippen LogP contribution is -2.43. The normalized spacial score (nSPS) is 15.1. The van der Waals surface area contributed by atoms with Crippen LogP contribution >= 0.6 is 0 Å². The van der Waals surface area contributed by atoms with E-state index in [1.54, 1.807) is 23.9 Å². The maximum Gasteiger partial charge on any atom is 0.273 e. The van der Waals surface area contributed by atoms with Gasteiger partial charge >= 0.3 is 0 Å². The molecule has 2 aromatic rings. The largest absolute Gasteiger partial charge is 0.368 e. The summed E-state index contributed by atoms with van der Waals surface area (Å²) in [6.45, 7) is 5.41. The summed E-state index contributed by atoms with van der Waals surface area (Å²) in [6.07, 6.45) is 3.64. The zero-order valence-electron chi connectivity index (χ0n) is 12.7. The van der Waals surface area contributed by atoms with Gasteiger partial charge in [-0.05, 0) is 13.0 Å². The number of anilines is 1. The standard InChI is InChI=1S/C15H19N5O2/c1-11-7-15(19-5-3-16-4-6-19)13(8-14(11)20(21)22)12-9-17-18(2)10-12/h7-10,16H,3-6H2,1-2H3. The highest BCUT2D eigenvalue weighted by Gasteiger charge is 2.21. The number of nitrogens with one attached hydrogen (secondary N) is 1. The molecule has 7 nitrogen and oxygen atoms in total. The Kier molecular flexibility index (Phi) is 3.81. The number of benzene rings is 1. The minimum atomic E-state index is -0.323. The number of nitro benzene ring substituents is 1. The Hall–Kier alpha value is -2.41. The van der Waals surface area contributed by atoms with Gasteiger partial charge in [0.2, 0.25) is 0 Å². The minimum Gasteiger partial charge on any atom is -0.368 e. The highest BCUT2D eigenvalue weighted by atomic mass is 16.6. The van der Waals surface area contributed by atoms with Crippen LogP contribution in [0.2, 0.25) is 0 Å². The molecule has 1 aliphatic heterocycles. The molecule has 1 aliphatic rings. The Balaban J connectivity index is 2.14. The van der Waals surface area contributed by atoms with Crippen molar-refractivity contribution in [3.63, 3.8) is 0 Å². The van der Waals surface area contributed by atoms with E-state index in [0.717, 1.165) is 43.0 Å².